The number of carbonyl (C=O) groups is 2. The predicted octanol–water partition coefficient (Wildman–Crippen LogP) is 1.72. The molecule has 2 amide bonds. The highest BCUT2D eigenvalue weighted by atomic mass is 19.1. The third-order valence-corrected chi connectivity index (χ3v) is 3.24. The summed E-state index contributed by atoms with van der Waals surface area (Å²) in [4.78, 5) is 24.0. The smallest absolute Gasteiger partial charge is 0.326 e. The van der Waals surface area contributed by atoms with E-state index in [1.807, 2.05) is 0 Å². The number of nitrogens with zero attached hydrogens (tertiary/aromatic N) is 1. The Morgan fingerprint density at radius 1 is 1.40 bits per heavy atom. The summed E-state index contributed by atoms with van der Waals surface area (Å²) in [5.74, 6) is -2.28. The molecule has 1 aromatic carbocycles. The summed E-state index contributed by atoms with van der Waals surface area (Å²) in [6, 6.07) is 1.52. The van der Waals surface area contributed by atoms with Crippen LogP contribution in [0.25, 0.3) is 0 Å². The zero-order chi connectivity index (χ0) is 14.7. The Morgan fingerprint density at radius 3 is 2.85 bits per heavy atom. The molecule has 1 saturated heterocycles. The number of hydrogen-bond acceptors (Lipinski definition) is 2. The molecule has 0 spiro atoms. The van der Waals surface area contributed by atoms with E-state index in [2.05, 4.69) is 5.32 Å². The molecule has 7 heteroatoms. The van der Waals surface area contributed by atoms with E-state index < -0.39 is 29.7 Å². The Morgan fingerprint density at radius 2 is 2.15 bits per heavy atom. The lowest BCUT2D eigenvalue weighted by Crippen LogP contribution is -2.45. The third kappa shape index (κ3) is 3.04. The zero-order valence-corrected chi connectivity index (χ0v) is 10.6. The van der Waals surface area contributed by atoms with Gasteiger partial charge < -0.3 is 15.3 Å². The van der Waals surface area contributed by atoms with Gasteiger partial charge in [0.1, 0.15) is 17.7 Å². The molecule has 2 N–H and O–H groups in total. The molecule has 108 valence electrons. The molecular weight excluding hydrogens is 270 g/mol. The van der Waals surface area contributed by atoms with E-state index in [-0.39, 0.29) is 12.1 Å². The molecule has 0 aromatic heterocycles. The van der Waals surface area contributed by atoms with E-state index in [1.165, 1.54) is 4.90 Å². The number of carbonyl (C=O) groups excluding carboxylic acids is 1. The van der Waals surface area contributed by atoms with Crippen molar-refractivity contribution in [1.29, 1.82) is 0 Å². The van der Waals surface area contributed by atoms with Crippen molar-refractivity contribution in [2.45, 2.75) is 25.4 Å². The molecule has 5 nitrogen and oxygen atoms in total. The first kappa shape index (κ1) is 14.2. The Bertz CT molecular complexity index is 536. The van der Waals surface area contributed by atoms with Crippen LogP contribution in [-0.2, 0) is 11.3 Å². The minimum atomic E-state index is -1.06. The van der Waals surface area contributed by atoms with E-state index in [4.69, 9.17) is 5.11 Å². The molecule has 20 heavy (non-hydrogen) atoms. The van der Waals surface area contributed by atoms with Gasteiger partial charge in [-0.15, -0.1) is 0 Å². The lowest BCUT2D eigenvalue weighted by atomic mass is 10.2. The summed E-state index contributed by atoms with van der Waals surface area (Å²) >= 11 is 0. The average molecular weight is 284 g/mol. The van der Waals surface area contributed by atoms with Crippen molar-refractivity contribution in [3.05, 3.63) is 35.4 Å². The van der Waals surface area contributed by atoms with Crippen molar-refractivity contribution < 1.29 is 23.5 Å². The topological polar surface area (TPSA) is 69.6 Å². The number of rotatable bonds is 3. The molecule has 0 aliphatic carbocycles. The maximum absolute atomic E-state index is 13.4. The number of amides is 2. The molecule has 0 bridgehead atoms. The van der Waals surface area contributed by atoms with Crippen LogP contribution in [0.1, 0.15) is 18.4 Å². The van der Waals surface area contributed by atoms with E-state index in [0.29, 0.717) is 19.4 Å². The lowest BCUT2D eigenvalue weighted by molar-refractivity contribution is -0.141. The van der Waals surface area contributed by atoms with Crippen LogP contribution >= 0.6 is 0 Å². The maximum Gasteiger partial charge on any atom is 0.326 e. The van der Waals surface area contributed by atoms with Crippen LogP contribution in [0.3, 0.4) is 0 Å². The molecule has 1 aromatic rings. The average Bonchev–Trinajstić information content (AvgIpc) is 2.89. The molecule has 1 fully saturated rings. The maximum atomic E-state index is 13.4. The van der Waals surface area contributed by atoms with E-state index in [0.717, 1.165) is 18.2 Å². The van der Waals surface area contributed by atoms with Crippen LogP contribution in [0.2, 0.25) is 0 Å². The highest BCUT2D eigenvalue weighted by Crippen LogP contribution is 2.17. The number of nitrogens with one attached hydrogen (secondary N) is 1. The van der Waals surface area contributed by atoms with Gasteiger partial charge in [0.05, 0.1) is 0 Å². The Kier molecular flexibility index (Phi) is 4.16. The molecule has 1 atom stereocenters. The highest BCUT2D eigenvalue weighted by molar-refractivity contribution is 5.83. The number of benzene rings is 1. The molecular formula is C13H14F2N2O3. The standard InChI is InChI=1S/C13H14F2N2O3/c14-9-3-4-10(15)8(6-9)7-16-13(20)17-5-1-2-11(17)12(18)19/h3-4,6,11H,1-2,5,7H2,(H,16,20)(H,18,19). The van der Waals surface area contributed by atoms with Crippen molar-refractivity contribution in [2.75, 3.05) is 6.54 Å². The fourth-order valence-electron chi connectivity index (χ4n) is 2.22. The lowest BCUT2D eigenvalue weighted by Gasteiger charge is -2.21. The van der Waals surface area contributed by atoms with Crippen molar-refractivity contribution in [2.24, 2.45) is 0 Å². The third-order valence-electron chi connectivity index (χ3n) is 3.24. The summed E-state index contributed by atoms with van der Waals surface area (Å²) in [6.45, 7) is 0.152. The predicted molar refractivity (Wildman–Crippen MR) is 66.0 cm³/mol. The van der Waals surface area contributed by atoms with Crippen LogP contribution in [0.5, 0.6) is 0 Å². The van der Waals surface area contributed by atoms with E-state index >= 15 is 0 Å². The fourth-order valence-corrected chi connectivity index (χ4v) is 2.22. The van der Waals surface area contributed by atoms with Crippen molar-refractivity contribution in [1.82, 2.24) is 10.2 Å². The van der Waals surface area contributed by atoms with E-state index in [1.54, 1.807) is 0 Å². The number of aliphatic carboxylic acids is 1. The molecule has 0 saturated carbocycles. The Labute approximate surface area is 114 Å². The van der Waals surface area contributed by atoms with Crippen LogP contribution in [0.4, 0.5) is 13.6 Å². The van der Waals surface area contributed by atoms with Crippen molar-refractivity contribution in [3.63, 3.8) is 0 Å². The van der Waals surface area contributed by atoms with Gasteiger partial charge in [-0.25, -0.2) is 18.4 Å². The second-order valence-electron chi connectivity index (χ2n) is 4.58. The van der Waals surface area contributed by atoms with Gasteiger partial charge in [0.25, 0.3) is 0 Å². The van der Waals surface area contributed by atoms with Crippen molar-refractivity contribution in [3.8, 4) is 0 Å². The van der Waals surface area contributed by atoms with Gasteiger partial charge in [-0.1, -0.05) is 0 Å². The quantitative estimate of drug-likeness (QED) is 0.888. The molecule has 0 radical (unpaired) electrons. The molecule has 1 aliphatic heterocycles. The van der Waals surface area contributed by atoms with Gasteiger partial charge >= 0.3 is 12.0 Å². The van der Waals surface area contributed by atoms with Crippen LogP contribution in [-0.4, -0.2) is 34.6 Å². The first-order valence-electron chi connectivity index (χ1n) is 6.20. The largest absolute Gasteiger partial charge is 0.480 e. The minimum Gasteiger partial charge on any atom is -0.480 e. The van der Waals surface area contributed by atoms with Gasteiger partial charge in [0.15, 0.2) is 0 Å². The number of carboxylic acid groups (broad SMARTS) is 1. The second-order valence-corrected chi connectivity index (χ2v) is 4.58. The van der Waals surface area contributed by atoms with E-state index in [9.17, 15) is 18.4 Å². The Hall–Kier alpha value is -2.18. The highest BCUT2D eigenvalue weighted by Gasteiger charge is 2.33. The number of halogens is 2. The van der Waals surface area contributed by atoms with Gasteiger partial charge in [-0.05, 0) is 31.0 Å². The van der Waals surface area contributed by atoms with Gasteiger partial charge in [-0.2, -0.15) is 0 Å². The fraction of sp³-hybridized carbons (Fsp3) is 0.385. The number of carboxylic acids is 1. The molecule has 1 aliphatic rings. The van der Waals surface area contributed by atoms with Gasteiger partial charge in [-0.3, -0.25) is 0 Å². The van der Waals surface area contributed by atoms with Gasteiger partial charge in [0, 0.05) is 18.7 Å². The van der Waals surface area contributed by atoms with Crippen LogP contribution in [0.15, 0.2) is 18.2 Å². The first-order chi connectivity index (χ1) is 9.49. The number of likely N-dealkylation sites (tertiary alicyclic amines) is 1. The van der Waals surface area contributed by atoms with Crippen LogP contribution in [0, 0.1) is 11.6 Å². The summed E-state index contributed by atoms with van der Waals surface area (Å²) in [5, 5.41) is 11.4. The summed E-state index contributed by atoms with van der Waals surface area (Å²) in [5.41, 5.74) is 0.0180. The van der Waals surface area contributed by atoms with Crippen LogP contribution < -0.4 is 5.32 Å². The molecule has 2 rings (SSSR count). The SMILES string of the molecule is O=C(O)C1CCCN1C(=O)NCc1cc(F)ccc1F. The van der Waals surface area contributed by atoms with Gasteiger partial charge in [0.2, 0.25) is 0 Å². The summed E-state index contributed by atoms with van der Waals surface area (Å²) in [6.07, 6.45) is 1.01. The summed E-state index contributed by atoms with van der Waals surface area (Å²) in [7, 11) is 0. The normalized spacial score (nSPS) is 18.1. The monoisotopic (exact) mass is 284 g/mol. The zero-order valence-electron chi connectivity index (χ0n) is 10.6. The Balaban J connectivity index is 1.98. The first-order valence-corrected chi connectivity index (χ1v) is 6.20. The number of hydrogen-bond donors (Lipinski definition) is 2. The second kappa shape index (κ2) is 5.85. The summed E-state index contributed by atoms with van der Waals surface area (Å²) < 4.78 is 26.3. The molecule has 1 heterocycles. The number of urea groups is 1. The minimum absolute atomic E-state index is 0.0180. The molecule has 1 unspecified atom stereocenters. The van der Waals surface area contributed by atoms with Crippen molar-refractivity contribution >= 4 is 12.0 Å².